The Labute approximate surface area is 290 Å². The number of piperidine rings is 1. The molecule has 0 aromatic heterocycles. The number of piperazine rings is 1. The number of sulfonamides is 1. The minimum Gasteiger partial charge on any atom is -0.503 e. The Morgan fingerprint density at radius 3 is 2.48 bits per heavy atom. The molecule has 2 aromatic carbocycles. The van der Waals surface area contributed by atoms with E-state index in [1.165, 1.54) is 26.4 Å². The molecule has 3 N–H and O–H groups in total. The van der Waals surface area contributed by atoms with Gasteiger partial charge in [0.25, 0.3) is 11.8 Å². The van der Waals surface area contributed by atoms with E-state index in [1.54, 1.807) is 0 Å². The number of hydrogen-bond acceptors (Lipinski definition) is 9. The van der Waals surface area contributed by atoms with E-state index in [-0.39, 0.29) is 86.8 Å². The molecule has 3 amide bonds. The van der Waals surface area contributed by atoms with E-state index >= 15 is 0 Å². The second kappa shape index (κ2) is 14.4. The SMILES string of the molecule is CC1CN(S(=O)(=O)c2cc(F)ccc2CNC(=O)C2=C(O)C(=O)N3CCCOC=C3C23CCN(C(=O)OCc2ccccc2)CC3)CC(C)N1. The van der Waals surface area contributed by atoms with Crippen LogP contribution >= 0.6 is 0 Å². The molecule has 4 aliphatic heterocycles. The van der Waals surface area contributed by atoms with Crippen molar-refractivity contribution < 1.29 is 41.8 Å². The summed E-state index contributed by atoms with van der Waals surface area (Å²) >= 11 is 0. The maximum atomic E-state index is 14.5. The van der Waals surface area contributed by atoms with Crippen molar-refractivity contribution in [1.82, 2.24) is 24.7 Å². The molecule has 2 fully saturated rings. The van der Waals surface area contributed by atoms with Crippen LogP contribution in [0.25, 0.3) is 0 Å². The minimum atomic E-state index is -4.15. The molecule has 268 valence electrons. The summed E-state index contributed by atoms with van der Waals surface area (Å²) in [6.07, 6.45) is 1.75. The Hall–Kier alpha value is -4.47. The lowest BCUT2D eigenvalue weighted by Gasteiger charge is -2.48. The number of likely N-dealkylation sites (tertiary alicyclic amines) is 1. The zero-order valence-electron chi connectivity index (χ0n) is 28.1. The lowest BCUT2D eigenvalue weighted by atomic mass is 9.67. The van der Waals surface area contributed by atoms with Crippen molar-refractivity contribution in [3.05, 3.63) is 88.8 Å². The average molecular weight is 712 g/mol. The quantitative estimate of drug-likeness (QED) is 0.393. The van der Waals surface area contributed by atoms with Crippen LogP contribution < -0.4 is 10.6 Å². The number of fused-ring (bicyclic) bond motifs is 2. The number of rotatable bonds is 7. The number of carbonyl (C=O) groups excluding carboxylic acids is 3. The lowest BCUT2D eigenvalue weighted by Crippen LogP contribution is -2.55. The normalized spacial score (nSPS) is 22.7. The molecular formula is C35H42FN5O8S. The maximum absolute atomic E-state index is 14.5. The zero-order chi connectivity index (χ0) is 35.6. The first kappa shape index (κ1) is 35.4. The van der Waals surface area contributed by atoms with E-state index in [2.05, 4.69) is 10.6 Å². The number of ether oxygens (including phenoxy) is 2. The van der Waals surface area contributed by atoms with Crippen molar-refractivity contribution in [3.63, 3.8) is 0 Å². The van der Waals surface area contributed by atoms with Crippen molar-refractivity contribution in [3.8, 4) is 0 Å². The van der Waals surface area contributed by atoms with Gasteiger partial charge in [-0.15, -0.1) is 0 Å². The first-order valence-corrected chi connectivity index (χ1v) is 18.2. The Kier molecular flexibility index (Phi) is 10.2. The highest BCUT2D eigenvalue weighted by atomic mass is 32.2. The summed E-state index contributed by atoms with van der Waals surface area (Å²) < 4.78 is 54.7. The van der Waals surface area contributed by atoms with Gasteiger partial charge in [-0.05, 0) is 56.4 Å². The Bertz CT molecular complexity index is 1800. The predicted octanol–water partition coefficient (Wildman–Crippen LogP) is 3.15. The molecule has 0 radical (unpaired) electrons. The van der Waals surface area contributed by atoms with Crippen molar-refractivity contribution in [2.24, 2.45) is 5.41 Å². The van der Waals surface area contributed by atoms with Crippen LogP contribution in [-0.2, 0) is 42.2 Å². The Morgan fingerprint density at radius 1 is 1.08 bits per heavy atom. The van der Waals surface area contributed by atoms with E-state index in [9.17, 15) is 32.3 Å². The van der Waals surface area contributed by atoms with Crippen LogP contribution in [0.4, 0.5) is 9.18 Å². The number of benzene rings is 2. The highest BCUT2D eigenvalue weighted by Gasteiger charge is 2.54. The number of amides is 3. The molecule has 4 aliphatic rings. The number of nitrogens with one attached hydrogen (secondary N) is 2. The molecule has 2 aromatic rings. The van der Waals surface area contributed by atoms with Crippen LogP contribution in [0.1, 0.15) is 44.2 Å². The molecule has 2 atom stereocenters. The van der Waals surface area contributed by atoms with Crippen LogP contribution in [0.15, 0.2) is 76.7 Å². The molecule has 0 bridgehead atoms. The molecule has 15 heteroatoms. The summed E-state index contributed by atoms with van der Waals surface area (Å²) in [4.78, 5) is 43.3. The largest absolute Gasteiger partial charge is 0.503 e. The average Bonchev–Trinajstić information content (AvgIpc) is 3.37. The third kappa shape index (κ3) is 6.94. The van der Waals surface area contributed by atoms with E-state index < -0.39 is 44.9 Å². The van der Waals surface area contributed by atoms with Gasteiger partial charge in [-0.25, -0.2) is 17.6 Å². The van der Waals surface area contributed by atoms with Gasteiger partial charge < -0.3 is 35.0 Å². The molecule has 1 spiro atoms. The van der Waals surface area contributed by atoms with Crippen LogP contribution in [0.5, 0.6) is 0 Å². The van der Waals surface area contributed by atoms with Gasteiger partial charge in [-0.2, -0.15) is 4.31 Å². The van der Waals surface area contributed by atoms with Gasteiger partial charge in [0.1, 0.15) is 18.7 Å². The third-order valence-electron chi connectivity index (χ3n) is 9.70. The molecule has 13 nitrogen and oxygen atoms in total. The highest BCUT2D eigenvalue weighted by Crippen LogP contribution is 2.51. The standard InChI is InChI=1S/C35H42FN5O8S/c1-23-19-40(20-24(2)38-23)50(46,47)28-17-27(36)10-9-26(28)18-37-32(43)30-31(42)33(44)41-13-6-16-48-22-29(41)35(30)11-14-39(15-12-35)34(45)49-21-25-7-4-3-5-8-25/h3-5,7-10,17,22-24,38,42H,6,11-16,18-21H2,1-2H3,(H,37,43). The molecule has 6 rings (SSSR count). The topological polar surface area (TPSA) is 158 Å². The number of halogens is 1. The van der Waals surface area contributed by atoms with Crippen LogP contribution in [0.3, 0.4) is 0 Å². The summed E-state index contributed by atoms with van der Waals surface area (Å²) in [5.74, 6) is -3.02. The molecule has 2 unspecified atom stereocenters. The number of aliphatic hydroxyl groups is 1. The third-order valence-corrected chi connectivity index (χ3v) is 11.6. The second-order valence-corrected chi connectivity index (χ2v) is 15.1. The molecule has 0 aliphatic carbocycles. The smallest absolute Gasteiger partial charge is 0.410 e. The minimum absolute atomic E-state index is 0.0880. The Balaban J connectivity index is 1.26. The second-order valence-electron chi connectivity index (χ2n) is 13.2. The van der Waals surface area contributed by atoms with Crippen LogP contribution in [-0.4, -0.2) is 97.0 Å². The highest BCUT2D eigenvalue weighted by molar-refractivity contribution is 7.89. The number of hydrogen-bond donors (Lipinski definition) is 3. The number of aliphatic hydroxyl groups excluding tert-OH is 1. The number of allylic oxidation sites excluding steroid dienone is 1. The van der Waals surface area contributed by atoms with Gasteiger partial charge in [0.2, 0.25) is 10.0 Å². The van der Waals surface area contributed by atoms with Crippen LogP contribution in [0.2, 0.25) is 0 Å². The van der Waals surface area contributed by atoms with E-state index in [0.29, 0.717) is 18.7 Å². The van der Waals surface area contributed by atoms with Crippen molar-refractivity contribution in [2.75, 3.05) is 39.3 Å². The predicted molar refractivity (Wildman–Crippen MR) is 179 cm³/mol. The van der Waals surface area contributed by atoms with Crippen molar-refractivity contribution in [2.45, 2.75) is 63.2 Å². The Morgan fingerprint density at radius 2 is 1.78 bits per heavy atom. The van der Waals surface area contributed by atoms with Crippen molar-refractivity contribution >= 4 is 27.9 Å². The fraction of sp³-hybridized carbons (Fsp3) is 0.457. The summed E-state index contributed by atoms with van der Waals surface area (Å²) in [6.45, 7) is 4.74. The molecular weight excluding hydrogens is 669 g/mol. The van der Waals surface area contributed by atoms with Crippen molar-refractivity contribution in [1.29, 1.82) is 0 Å². The number of nitrogens with zero attached hydrogens (tertiary/aromatic N) is 3. The van der Waals surface area contributed by atoms with Gasteiger partial charge >= 0.3 is 6.09 Å². The van der Waals surface area contributed by atoms with Gasteiger partial charge in [0, 0.05) is 51.4 Å². The molecule has 2 saturated heterocycles. The monoisotopic (exact) mass is 711 g/mol. The summed E-state index contributed by atoms with van der Waals surface area (Å²) in [7, 11) is -4.15. The van der Waals surface area contributed by atoms with Gasteiger partial charge in [-0.3, -0.25) is 9.59 Å². The van der Waals surface area contributed by atoms with E-state index in [1.807, 2.05) is 44.2 Å². The molecule has 4 heterocycles. The fourth-order valence-electron chi connectivity index (χ4n) is 7.30. The van der Waals surface area contributed by atoms with Crippen LogP contribution in [0, 0.1) is 11.2 Å². The summed E-state index contributed by atoms with van der Waals surface area (Å²) in [5.41, 5.74) is -0.0220. The molecule has 50 heavy (non-hydrogen) atoms. The molecule has 0 saturated carbocycles. The summed E-state index contributed by atoms with van der Waals surface area (Å²) in [6, 6.07) is 12.4. The van der Waals surface area contributed by atoms with Gasteiger partial charge in [0.15, 0.2) is 5.76 Å². The maximum Gasteiger partial charge on any atom is 0.410 e. The zero-order valence-corrected chi connectivity index (χ0v) is 28.9. The first-order chi connectivity index (χ1) is 23.9. The first-order valence-electron chi connectivity index (χ1n) is 16.8. The fourth-order valence-corrected chi connectivity index (χ4v) is 9.15. The summed E-state index contributed by atoms with van der Waals surface area (Å²) in [5, 5.41) is 17.4. The van der Waals surface area contributed by atoms with Gasteiger partial charge in [0.05, 0.1) is 28.2 Å². The van der Waals surface area contributed by atoms with E-state index in [4.69, 9.17) is 9.47 Å². The number of carbonyl (C=O) groups is 3. The van der Waals surface area contributed by atoms with E-state index in [0.717, 1.165) is 17.7 Å². The lowest BCUT2D eigenvalue weighted by molar-refractivity contribution is -0.132. The van der Waals surface area contributed by atoms with Gasteiger partial charge in [-0.1, -0.05) is 36.4 Å².